The highest BCUT2D eigenvalue weighted by Gasteiger charge is 2.12. The van der Waals surface area contributed by atoms with Gasteiger partial charge in [0.05, 0.1) is 0 Å². The molecule has 0 unspecified atom stereocenters. The Kier molecular flexibility index (Phi) is 6.89. The van der Waals surface area contributed by atoms with Crippen LogP contribution in [0.25, 0.3) is 17.4 Å². The maximum Gasteiger partial charge on any atom is 0.266 e. The molecule has 162 valence electrons. The number of carbonyl (C=O) groups is 1. The standard InChI is InChI=1S/C27H19ClN2O3/c28-22-8-6-20(7-9-22)26-15-14-25(33-26)16-21(17-29)27(31)30-23-10-12-24(13-11-23)32-18-19-4-2-1-3-5-19/h1-16H,18H2,(H,30,31)/b21-16+. The molecule has 0 radical (unpaired) electrons. The van der Waals surface area contributed by atoms with Crippen molar-refractivity contribution in [1.29, 1.82) is 5.26 Å². The van der Waals surface area contributed by atoms with Crippen molar-refractivity contribution in [1.82, 2.24) is 0 Å². The zero-order valence-electron chi connectivity index (χ0n) is 17.5. The maximum atomic E-state index is 12.6. The average molecular weight is 455 g/mol. The number of nitriles is 1. The van der Waals surface area contributed by atoms with E-state index >= 15 is 0 Å². The molecular weight excluding hydrogens is 436 g/mol. The highest BCUT2D eigenvalue weighted by molar-refractivity contribution is 6.30. The van der Waals surface area contributed by atoms with Gasteiger partial charge >= 0.3 is 0 Å². The Morgan fingerprint density at radius 1 is 0.970 bits per heavy atom. The highest BCUT2D eigenvalue weighted by atomic mass is 35.5. The minimum atomic E-state index is -0.528. The van der Waals surface area contributed by atoms with Crippen molar-refractivity contribution < 1.29 is 13.9 Å². The van der Waals surface area contributed by atoms with Gasteiger partial charge in [-0.3, -0.25) is 4.79 Å². The first kappa shape index (κ1) is 21.9. The van der Waals surface area contributed by atoms with E-state index in [9.17, 15) is 10.1 Å². The molecule has 0 saturated carbocycles. The smallest absolute Gasteiger partial charge is 0.266 e. The third kappa shape index (κ3) is 5.91. The molecule has 0 bridgehead atoms. The largest absolute Gasteiger partial charge is 0.489 e. The van der Waals surface area contributed by atoms with Crippen molar-refractivity contribution >= 4 is 29.3 Å². The summed E-state index contributed by atoms with van der Waals surface area (Å²) in [5, 5.41) is 12.8. The van der Waals surface area contributed by atoms with E-state index in [0.29, 0.717) is 34.6 Å². The van der Waals surface area contributed by atoms with E-state index in [0.717, 1.165) is 11.1 Å². The number of anilines is 1. The van der Waals surface area contributed by atoms with Gasteiger partial charge in [0.2, 0.25) is 0 Å². The molecule has 0 atom stereocenters. The van der Waals surface area contributed by atoms with Gasteiger partial charge < -0.3 is 14.5 Å². The first-order valence-electron chi connectivity index (χ1n) is 10.2. The Balaban J connectivity index is 1.39. The molecule has 1 aromatic heterocycles. The van der Waals surface area contributed by atoms with Crippen LogP contribution in [0.15, 0.2) is 101 Å². The molecule has 5 nitrogen and oxygen atoms in total. The summed E-state index contributed by atoms with van der Waals surface area (Å²) >= 11 is 5.92. The lowest BCUT2D eigenvalue weighted by atomic mass is 10.2. The summed E-state index contributed by atoms with van der Waals surface area (Å²) < 4.78 is 11.5. The van der Waals surface area contributed by atoms with Gasteiger partial charge in [-0.2, -0.15) is 5.26 Å². The molecule has 0 aliphatic carbocycles. The SMILES string of the molecule is N#C/C(=C\c1ccc(-c2ccc(Cl)cc2)o1)C(=O)Nc1ccc(OCc2ccccc2)cc1. The maximum absolute atomic E-state index is 12.6. The number of hydrogen-bond donors (Lipinski definition) is 1. The topological polar surface area (TPSA) is 75.3 Å². The van der Waals surface area contributed by atoms with E-state index in [2.05, 4.69) is 5.32 Å². The number of benzene rings is 3. The monoisotopic (exact) mass is 454 g/mol. The molecule has 1 heterocycles. The number of nitrogens with one attached hydrogen (secondary N) is 1. The van der Waals surface area contributed by atoms with Gasteiger partial charge in [-0.15, -0.1) is 0 Å². The minimum Gasteiger partial charge on any atom is -0.489 e. The van der Waals surface area contributed by atoms with E-state index in [1.807, 2.05) is 48.5 Å². The van der Waals surface area contributed by atoms with Crippen LogP contribution >= 0.6 is 11.6 Å². The predicted molar refractivity (Wildman–Crippen MR) is 129 cm³/mol. The molecule has 0 aliphatic heterocycles. The molecule has 3 aromatic carbocycles. The number of rotatable bonds is 7. The van der Waals surface area contributed by atoms with Crippen LogP contribution in [-0.2, 0) is 11.4 Å². The third-order valence-corrected chi connectivity index (χ3v) is 5.02. The van der Waals surface area contributed by atoms with Crippen LogP contribution in [0.5, 0.6) is 5.75 Å². The van der Waals surface area contributed by atoms with Crippen LogP contribution in [0.1, 0.15) is 11.3 Å². The Morgan fingerprint density at radius 2 is 1.70 bits per heavy atom. The third-order valence-electron chi connectivity index (χ3n) is 4.77. The van der Waals surface area contributed by atoms with Gasteiger partial charge in [-0.1, -0.05) is 41.9 Å². The van der Waals surface area contributed by atoms with Gasteiger partial charge in [0.25, 0.3) is 5.91 Å². The number of amides is 1. The lowest BCUT2D eigenvalue weighted by Gasteiger charge is -2.08. The van der Waals surface area contributed by atoms with Crippen LogP contribution < -0.4 is 10.1 Å². The van der Waals surface area contributed by atoms with E-state index in [1.165, 1.54) is 6.08 Å². The molecule has 0 aliphatic rings. The number of furan rings is 1. The van der Waals surface area contributed by atoms with Crippen molar-refractivity contribution in [3.63, 3.8) is 0 Å². The van der Waals surface area contributed by atoms with Crippen molar-refractivity contribution in [3.05, 3.63) is 113 Å². The molecule has 4 rings (SSSR count). The second-order valence-corrected chi connectivity index (χ2v) is 7.57. The van der Waals surface area contributed by atoms with E-state index in [1.54, 1.807) is 48.5 Å². The summed E-state index contributed by atoms with van der Waals surface area (Å²) in [6, 6.07) is 29.4. The number of carbonyl (C=O) groups excluding carboxylic acids is 1. The van der Waals surface area contributed by atoms with Gasteiger partial charge in [0.15, 0.2) is 0 Å². The number of halogens is 1. The summed E-state index contributed by atoms with van der Waals surface area (Å²) in [6.07, 6.45) is 1.41. The van der Waals surface area contributed by atoms with Gasteiger partial charge in [-0.25, -0.2) is 0 Å². The molecule has 6 heteroatoms. The van der Waals surface area contributed by atoms with Crippen molar-refractivity contribution in [2.45, 2.75) is 6.61 Å². The highest BCUT2D eigenvalue weighted by Crippen LogP contribution is 2.25. The number of nitrogens with zero attached hydrogens (tertiary/aromatic N) is 1. The average Bonchev–Trinajstić information content (AvgIpc) is 3.32. The van der Waals surface area contributed by atoms with Crippen LogP contribution in [0.3, 0.4) is 0 Å². The quantitative estimate of drug-likeness (QED) is 0.248. The first-order valence-corrected chi connectivity index (χ1v) is 10.5. The van der Waals surface area contributed by atoms with Gasteiger partial charge in [-0.05, 0) is 66.2 Å². The Labute approximate surface area is 196 Å². The first-order chi connectivity index (χ1) is 16.1. The fourth-order valence-electron chi connectivity index (χ4n) is 3.06. The Bertz CT molecular complexity index is 1300. The molecule has 0 spiro atoms. The molecule has 4 aromatic rings. The second kappa shape index (κ2) is 10.4. The number of hydrogen-bond acceptors (Lipinski definition) is 4. The summed E-state index contributed by atoms with van der Waals surface area (Å²) in [6.45, 7) is 0.453. The normalized spacial score (nSPS) is 11.0. The number of ether oxygens (including phenoxy) is 1. The predicted octanol–water partition coefficient (Wildman–Crippen LogP) is 6.72. The van der Waals surface area contributed by atoms with Crippen molar-refractivity contribution in [2.24, 2.45) is 0 Å². The van der Waals surface area contributed by atoms with Gasteiger partial charge in [0, 0.05) is 22.3 Å². The van der Waals surface area contributed by atoms with Crippen LogP contribution in [0.2, 0.25) is 5.02 Å². The Morgan fingerprint density at radius 3 is 2.39 bits per heavy atom. The molecule has 0 saturated heterocycles. The van der Waals surface area contributed by atoms with Crippen molar-refractivity contribution in [2.75, 3.05) is 5.32 Å². The molecule has 1 amide bonds. The summed E-state index contributed by atoms with van der Waals surface area (Å²) in [5.74, 6) is 1.16. The van der Waals surface area contributed by atoms with Crippen LogP contribution in [0.4, 0.5) is 5.69 Å². The molecule has 1 N–H and O–H groups in total. The zero-order valence-corrected chi connectivity index (χ0v) is 18.3. The fourth-order valence-corrected chi connectivity index (χ4v) is 3.19. The van der Waals surface area contributed by atoms with E-state index in [4.69, 9.17) is 20.8 Å². The van der Waals surface area contributed by atoms with Crippen LogP contribution in [-0.4, -0.2) is 5.91 Å². The summed E-state index contributed by atoms with van der Waals surface area (Å²) in [5.41, 5.74) is 2.39. The van der Waals surface area contributed by atoms with E-state index < -0.39 is 5.91 Å². The van der Waals surface area contributed by atoms with Crippen molar-refractivity contribution in [3.8, 4) is 23.1 Å². The zero-order chi connectivity index (χ0) is 23.0. The van der Waals surface area contributed by atoms with Crippen LogP contribution in [0, 0.1) is 11.3 Å². The molecule has 33 heavy (non-hydrogen) atoms. The lowest BCUT2D eigenvalue weighted by molar-refractivity contribution is -0.112. The summed E-state index contributed by atoms with van der Waals surface area (Å²) in [4.78, 5) is 12.6. The summed E-state index contributed by atoms with van der Waals surface area (Å²) in [7, 11) is 0. The lowest BCUT2D eigenvalue weighted by Crippen LogP contribution is -2.13. The second-order valence-electron chi connectivity index (χ2n) is 7.13. The molecule has 0 fully saturated rings. The van der Waals surface area contributed by atoms with E-state index in [-0.39, 0.29) is 5.57 Å². The van der Waals surface area contributed by atoms with Gasteiger partial charge in [0.1, 0.15) is 35.5 Å². The Hall–Kier alpha value is -4.27. The molecular formula is C27H19ClN2O3. The minimum absolute atomic E-state index is 0.0728. The fraction of sp³-hybridized carbons (Fsp3) is 0.0370.